The topological polar surface area (TPSA) is 41.5 Å². The zero-order valence-electron chi connectivity index (χ0n) is 8.75. The number of hydrogen-bond donors (Lipinski definition) is 1. The predicted octanol–water partition coefficient (Wildman–Crippen LogP) is 2.96. The minimum atomic E-state index is -0.199. The molecule has 0 saturated carbocycles. The molecule has 1 aromatic carbocycles. The first kappa shape index (κ1) is 11.9. The maximum absolute atomic E-state index is 11.6. The largest absolute Gasteiger partial charge is 0.272 e. The normalized spacial score (nSPS) is 11.3. The van der Waals surface area contributed by atoms with Crippen LogP contribution in [-0.4, -0.2) is 11.6 Å². The van der Waals surface area contributed by atoms with Crippen LogP contribution >= 0.6 is 15.9 Å². The van der Waals surface area contributed by atoms with Crippen LogP contribution in [0, 0.1) is 0 Å². The summed E-state index contributed by atoms with van der Waals surface area (Å²) in [7, 11) is 0. The van der Waals surface area contributed by atoms with Gasteiger partial charge in [-0.2, -0.15) is 5.10 Å². The molecule has 0 saturated heterocycles. The lowest BCUT2D eigenvalue weighted by atomic mass is 10.2. The summed E-state index contributed by atoms with van der Waals surface area (Å²) in [5.41, 5.74) is 4.00. The monoisotopic (exact) mass is 268 g/mol. The van der Waals surface area contributed by atoms with Crippen molar-refractivity contribution >= 4 is 27.5 Å². The Balaban J connectivity index is 2.74. The van der Waals surface area contributed by atoms with Gasteiger partial charge in [0.1, 0.15) is 0 Å². The van der Waals surface area contributed by atoms with Crippen LogP contribution in [0.4, 0.5) is 0 Å². The fourth-order valence-electron chi connectivity index (χ4n) is 0.931. The Labute approximate surface area is 97.7 Å². The summed E-state index contributed by atoms with van der Waals surface area (Å²) in [5.74, 6) is -0.199. The van der Waals surface area contributed by atoms with E-state index in [0.29, 0.717) is 5.56 Å². The smallest absolute Gasteiger partial charge is 0.267 e. The molecule has 1 aromatic rings. The summed E-state index contributed by atoms with van der Waals surface area (Å²) in [4.78, 5) is 11.6. The van der Waals surface area contributed by atoms with Crippen molar-refractivity contribution in [3.63, 3.8) is 0 Å². The highest BCUT2D eigenvalue weighted by atomic mass is 79.9. The third kappa shape index (κ3) is 3.47. The van der Waals surface area contributed by atoms with E-state index in [9.17, 15) is 4.79 Å². The van der Waals surface area contributed by atoms with E-state index in [2.05, 4.69) is 26.5 Å². The average molecular weight is 269 g/mol. The molecule has 0 bridgehead atoms. The number of rotatable bonds is 3. The first-order valence-electron chi connectivity index (χ1n) is 4.73. The lowest BCUT2D eigenvalue weighted by Gasteiger charge is -2.02. The van der Waals surface area contributed by atoms with Gasteiger partial charge in [0.25, 0.3) is 5.91 Å². The van der Waals surface area contributed by atoms with E-state index in [1.54, 1.807) is 6.07 Å². The van der Waals surface area contributed by atoms with Crippen LogP contribution in [0.1, 0.15) is 30.6 Å². The number of nitrogens with one attached hydrogen (secondary N) is 1. The average Bonchev–Trinajstić information content (AvgIpc) is 2.26. The number of hydrazone groups is 1. The predicted molar refractivity (Wildman–Crippen MR) is 65.0 cm³/mol. The number of halogens is 1. The molecular weight excluding hydrogens is 256 g/mol. The Bertz CT molecular complexity index is 388. The van der Waals surface area contributed by atoms with Crippen molar-refractivity contribution in [3.05, 3.63) is 34.3 Å². The molecule has 0 aromatic heterocycles. The van der Waals surface area contributed by atoms with Crippen LogP contribution in [0.25, 0.3) is 0 Å². The minimum absolute atomic E-state index is 0.199. The second kappa shape index (κ2) is 5.66. The van der Waals surface area contributed by atoms with Gasteiger partial charge in [0, 0.05) is 10.2 Å². The molecule has 3 nitrogen and oxygen atoms in total. The molecule has 0 aliphatic rings. The van der Waals surface area contributed by atoms with Crippen LogP contribution in [-0.2, 0) is 0 Å². The van der Waals surface area contributed by atoms with Crippen LogP contribution in [0.15, 0.2) is 33.8 Å². The van der Waals surface area contributed by atoms with Gasteiger partial charge < -0.3 is 0 Å². The van der Waals surface area contributed by atoms with Gasteiger partial charge >= 0.3 is 0 Å². The quantitative estimate of drug-likeness (QED) is 0.665. The van der Waals surface area contributed by atoms with Gasteiger partial charge in [0.2, 0.25) is 0 Å². The Morgan fingerprint density at radius 2 is 2.13 bits per heavy atom. The maximum atomic E-state index is 11.6. The first-order valence-corrected chi connectivity index (χ1v) is 5.52. The zero-order chi connectivity index (χ0) is 11.3. The number of benzene rings is 1. The number of nitrogens with zero attached hydrogens (tertiary/aromatic N) is 1. The highest BCUT2D eigenvalue weighted by Crippen LogP contribution is 2.15. The highest BCUT2D eigenvalue weighted by Gasteiger charge is 2.07. The molecule has 0 unspecified atom stereocenters. The van der Waals surface area contributed by atoms with Crippen LogP contribution < -0.4 is 5.43 Å². The number of amides is 1. The van der Waals surface area contributed by atoms with E-state index in [1.807, 2.05) is 32.0 Å². The number of carbonyl (C=O) groups excluding carboxylic acids is 1. The Kier molecular flexibility index (Phi) is 4.49. The van der Waals surface area contributed by atoms with Crippen molar-refractivity contribution in [2.24, 2.45) is 5.10 Å². The van der Waals surface area contributed by atoms with E-state index < -0.39 is 0 Å². The van der Waals surface area contributed by atoms with Crippen molar-refractivity contribution in [2.75, 3.05) is 0 Å². The summed E-state index contributed by atoms with van der Waals surface area (Å²) in [6, 6.07) is 7.25. The highest BCUT2D eigenvalue weighted by molar-refractivity contribution is 9.10. The summed E-state index contributed by atoms with van der Waals surface area (Å²) >= 11 is 3.31. The van der Waals surface area contributed by atoms with Gasteiger partial charge in [-0.3, -0.25) is 4.79 Å². The van der Waals surface area contributed by atoms with Crippen molar-refractivity contribution in [3.8, 4) is 0 Å². The number of carbonyl (C=O) groups is 1. The molecule has 0 heterocycles. The van der Waals surface area contributed by atoms with Crippen molar-refractivity contribution in [2.45, 2.75) is 20.3 Å². The summed E-state index contributed by atoms with van der Waals surface area (Å²) in [6.07, 6.45) is 0.830. The lowest BCUT2D eigenvalue weighted by molar-refractivity contribution is 0.0954. The summed E-state index contributed by atoms with van der Waals surface area (Å²) in [5, 5.41) is 3.96. The lowest BCUT2D eigenvalue weighted by Crippen LogP contribution is -2.19. The van der Waals surface area contributed by atoms with Crippen molar-refractivity contribution in [1.82, 2.24) is 5.43 Å². The van der Waals surface area contributed by atoms with E-state index in [-0.39, 0.29) is 5.91 Å². The van der Waals surface area contributed by atoms with Gasteiger partial charge in [0.05, 0.1) is 5.56 Å². The fraction of sp³-hybridized carbons (Fsp3) is 0.273. The molecule has 1 N–H and O–H groups in total. The molecule has 0 fully saturated rings. The third-order valence-electron chi connectivity index (χ3n) is 1.98. The van der Waals surface area contributed by atoms with Crippen molar-refractivity contribution < 1.29 is 4.79 Å². The maximum Gasteiger partial charge on any atom is 0.272 e. The molecule has 80 valence electrons. The molecule has 0 spiro atoms. The molecule has 1 amide bonds. The van der Waals surface area contributed by atoms with Crippen LogP contribution in [0.2, 0.25) is 0 Å². The zero-order valence-corrected chi connectivity index (χ0v) is 10.3. The Morgan fingerprint density at radius 3 is 2.73 bits per heavy atom. The Morgan fingerprint density at radius 1 is 1.47 bits per heavy atom. The molecular formula is C11H13BrN2O. The minimum Gasteiger partial charge on any atom is -0.267 e. The molecule has 0 aliphatic carbocycles. The second-order valence-corrected chi connectivity index (χ2v) is 3.98. The molecule has 15 heavy (non-hydrogen) atoms. The first-order chi connectivity index (χ1) is 7.15. The van der Waals surface area contributed by atoms with E-state index >= 15 is 0 Å². The van der Waals surface area contributed by atoms with Gasteiger partial charge in [0.15, 0.2) is 0 Å². The van der Waals surface area contributed by atoms with E-state index in [1.165, 1.54) is 0 Å². The van der Waals surface area contributed by atoms with Crippen LogP contribution in [0.5, 0.6) is 0 Å². The summed E-state index contributed by atoms with van der Waals surface area (Å²) in [6.45, 7) is 3.86. The number of hydrogen-bond acceptors (Lipinski definition) is 2. The van der Waals surface area contributed by atoms with Gasteiger partial charge in [-0.05, 0) is 41.4 Å². The molecule has 0 atom stereocenters. The van der Waals surface area contributed by atoms with E-state index in [4.69, 9.17) is 0 Å². The van der Waals surface area contributed by atoms with Gasteiger partial charge in [-0.15, -0.1) is 0 Å². The Hall–Kier alpha value is -1.16. The van der Waals surface area contributed by atoms with Gasteiger partial charge in [-0.25, -0.2) is 5.43 Å². The molecule has 4 heteroatoms. The van der Waals surface area contributed by atoms with E-state index in [0.717, 1.165) is 16.6 Å². The standard InChI is InChI=1S/C11H13BrN2O/c1-3-8(2)13-14-11(15)9-6-4-5-7-10(9)12/h4-7H,3H2,1-2H3,(H,14,15). The fourth-order valence-corrected chi connectivity index (χ4v) is 1.40. The third-order valence-corrected chi connectivity index (χ3v) is 2.67. The van der Waals surface area contributed by atoms with Crippen molar-refractivity contribution in [1.29, 1.82) is 0 Å². The second-order valence-electron chi connectivity index (χ2n) is 3.12. The van der Waals surface area contributed by atoms with Crippen LogP contribution in [0.3, 0.4) is 0 Å². The molecule has 0 radical (unpaired) electrons. The SMILES string of the molecule is CCC(C)=NNC(=O)c1ccccc1Br. The summed E-state index contributed by atoms with van der Waals surface area (Å²) < 4.78 is 0.770. The molecule has 1 rings (SSSR count). The molecule has 0 aliphatic heterocycles. The van der Waals surface area contributed by atoms with Gasteiger partial charge in [-0.1, -0.05) is 19.1 Å².